The lowest BCUT2D eigenvalue weighted by Crippen LogP contribution is -2.55. The van der Waals surface area contributed by atoms with Crippen molar-refractivity contribution in [3.05, 3.63) is 46.0 Å². The zero-order valence-corrected chi connectivity index (χ0v) is 23.6. The van der Waals surface area contributed by atoms with E-state index < -0.39 is 5.60 Å². The summed E-state index contributed by atoms with van der Waals surface area (Å²) in [5, 5.41) is 0. The normalized spacial score (nSPS) is 17.9. The van der Waals surface area contributed by atoms with Gasteiger partial charge in [0.2, 0.25) is 0 Å². The van der Waals surface area contributed by atoms with E-state index >= 15 is 0 Å². The highest BCUT2D eigenvalue weighted by Crippen LogP contribution is 2.31. The summed E-state index contributed by atoms with van der Waals surface area (Å²) in [6, 6.07) is 6.80. The van der Waals surface area contributed by atoms with Crippen LogP contribution in [0, 0.1) is 6.92 Å². The number of anilines is 1. The van der Waals surface area contributed by atoms with Gasteiger partial charge in [-0.1, -0.05) is 13.8 Å². The van der Waals surface area contributed by atoms with E-state index in [4.69, 9.17) is 9.72 Å². The lowest BCUT2D eigenvalue weighted by atomic mass is 9.97. The van der Waals surface area contributed by atoms with E-state index in [1.807, 2.05) is 44.9 Å². The van der Waals surface area contributed by atoms with E-state index in [1.165, 1.54) is 0 Å². The molecule has 0 unspecified atom stereocenters. The molecule has 0 aliphatic carbocycles. The van der Waals surface area contributed by atoms with Crippen LogP contribution >= 0.6 is 0 Å². The number of hydrogen-bond donors (Lipinski definition) is 0. The third kappa shape index (κ3) is 6.35. The first-order valence-corrected chi connectivity index (χ1v) is 13.6. The zero-order chi connectivity index (χ0) is 26.9. The van der Waals surface area contributed by atoms with Gasteiger partial charge in [-0.15, -0.1) is 0 Å². The molecule has 0 aromatic carbocycles. The predicted molar refractivity (Wildman–Crippen MR) is 148 cm³/mol. The van der Waals surface area contributed by atoms with Crippen LogP contribution < -0.4 is 10.5 Å². The van der Waals surface area contributed by atoms with Crippen LogP contribution in [0.4, 0.5) is 10.6 Å². The molecule has 37 heavy (non-hydrogen) atoms. The van der Waals surface area contributed by atoms with Crippen molar-refractivity contribution < 1.29 is 9.53 Å². The van der Waals surface area contributed by atoms with Gasteiger partial charge in [0.05, 0.1) is 5.69 Å². The fraction of sp³-hybridized carbons (Fsp3) is 0.621. The molecule has 8 heteroatoms. The minimum Gasteiger partial charge on any atom is -0.444 e. The minimum atomic E-state index is -0.457. The molecule has 8 nitrogen and oxygen atoms in total. The minimum absolute atomic E-state index is 0.0357. The predicted octanol–water partition coefficient (Wildman–Crippen LogP) is 4.40. The Kier molecular flexibility index (Phi) is 7.97. The molecule has 0 bridgehead atoms. The van der Waals surface area contributed by atoms with Crippen LogP contribution in [-0.2, 0) is 11.8 Å². The lowest BCUT2D eigenvalue weighted by Gasteiger charge is -2.43. The molecule has 2 aromatic rings. The van der Waals surface area contributed by atoms with E-state index in [2.05, 4.69) is 35.8 Å². The second-order valence-electron chi connectivity index (χ2n) is 11.8. The highest BCUT2D eigenvalue weighted by atomic mass is 16.6. The Bertz CT molecular complexity index is 1140. The van der Waals surface area contributed by atoms with Crippen molar-refractivity contribution in [3.63, 3.8) is 0 Å². The lowest BCUT2D eigenvalue weighted by molar-refractivity contribution is 0.00901. The number of piperazine rings is 1. The summed E-state index contributed by atoms with van der Waals surface area (Å²) in [6.45, 7) is 17.1. The van der Waals surface area contributed by atoms with Crippen LogP contribution in [0.15, 0.2) is 29.2 Å². The molecule has 0 radical (unpaired) electrons. The topological polar surface area (TPSA) is 70.9 Å². The van der Waals surface area contributed by atoms with E-state index in [9.17, 15) is 9.59 Å². The third-order valence-electron chi connectivity index (χ3n) is 7.40. The molecule has 0 saturated carbocycles. The number of carbonyl (C=O) groups is 1. The van der Waals surface area contributed by atoms with Crippen LogP contribution in [0.5, 0.6) is 0 Å². The van der Waals surface area contributed by atoms with Crippen molar-refractivity contribution in [2.75, 3.05) is 44.2 Å². The number of amides is 1. The van der Waals surface area contributed by atoms with Crippen LogP contribution in [0.25, 0.3) is 11.1 Å². The van der Waals surface area contributed by atoms with Gasteiger partial charge in [0.1, 0.15) is 11.4 Å². The molecule has 2 aromatic heterocycles. The van der Waals surface area contributed by atoms with Crippen molar-refractivity contribution >= 4 is 11.9 Å². The van der Waals surface area contributed by atoms with Crippen LogP contribution in [0.3, 0.4) is 0 Å². The average molecular weight is 510 g/mol. The molecule has 2 fully saturated rings. The molecule has 0 atom stereocenters. The second-order valence-corrected chi connectivity index (χ2v) is 11.8. The molecule has 0 N–H and O–H groups in total. The van der Waals surface area contributed by atoms with Gasteiger partial charge in [0, 0.05) is 75.2 Å². The average Bonchev–Trinajstić information content (AvgIpc) is 2.86. The smallest absolute Gasteiger partial charge is 0.410 e. The number of ether oxygens (including phenoxy) is 1. The maximum absolute atomic E-state index is 12.4. The molecular weight excluding hydrogens is 466 g/mol. The molecule has 2 saturated heterocycles. The Morgan fingerprint density at radius 2 is 1.70 bits per heavy atom. The van der Waals surface area contributed by atoms with Gasteiger partial charge in [-0.25, -0.2) is 9.78 Å². The Hall–Kier alpha value is -2.87. The summed E-state index contributed by atoms with van der Waals surface area (Å²) < 4.78 is 7.19. The van der Waals surface area contributed by atoms with Crippen molar-refractivity contribution in [1.82, 2.24) is 19.4 Å². The van der Waals surface area contributed by atoms with Crippen LogP contribution in [0.2, 0.25) is 0 Å². The number of hydrogen-bond acceptors (Lipinski definition) is 6. The number of pyridine rings is 2. The summed E-state index contributed by atoms with van der Waals surface area (Å²) in [5.41, 5.74) is 3.51. The second kappa shape index (κ2) is 10.9. The van der Waals surface area contributed by atoms with E-state index in [0.29, 0.717) is 6.04 Å². The highest BCUT2D eigenvalue weighted by molar-refractivity contribution is 5.69. The Balaban J connectivity index is 1.39. The van der Waals surface area contributed by atoms with Gasteiger partial charge in [0.15, 0.2) is 0 Å². The molecule has 4 heterocycles. The highest BCUT2D eigenvalue weighted by Gasteiger charge is 2.31. The van der Waals surface area contributed by atoms with Crippen LogP contribution in [0.1, 0.15) is 64.6 Å². The molecular formula is C29H43N5O3. The van der Waals surface area contributed by atoms with E-state index in [1.54, 1.807) is 11.6 Å². The Morgan fingerprint density at radius 3 is 2.27 bits per heavy atom. The first-order chi connectivity index (χ1) is 17.4. The summed E-state index contributed by atoms with van der Waals surface area (Å²) in [5.74, 6) is 1.30. The maximum atomic E-state index is 12.4. The fourth-order valence-corrected chi connectivity index (χ4v) is 5.41. The van der Waals surface area contributed by atoms with Crippen molar-refractivity contribution in [1.29, 1.82) is 0 Å². The maximum Gasteiger partial charge on any atom is 0.410 e. The quantitative estimate of drug-likeness (QED) is 0.609. The summed E-state index contributed by atoms with van der Waals surface area (Å²) in [7, 11) is 1.80. The fourth-order valence-electron chi connectivity index (χ4n) is 5.41. The standard InChI is InChI=1S/C29H43N5O3/c1-20(2)26-24(22-18-21(3)27(35)31(7)19-22)8-9-25(30-26)33-12-10-23(11-13-33)32-14-16-34(17-15-32)28(36)37-29(4,5)6/h8-9,18-20,23H,10-17H2,1-7H3. The Labute approximate surface area is 221 Å². The molecule has 0 spiro atoms. The van der Waals surface area contributed by atoms with E-state index in [-0.39, 0.29) is 17.6 Å². The van der Waals surface area contributed by atoms with Gasteiger partial charge in [-0.2, -0.15) is 0 Å². The summed E-state index contributed by atoms with van der Waals surface area (Å²) in [4.78, 5) is 36.5. The molecule has 2 aliphatic heterocycles. The monoisotopic (exact) mass is 509 g/mol. The molecule has 1 amide bonds. The number of carbonyl (C=O) groups excluding carboxylic acids is 1. The Morgan fingerprint density at radius 1 is 1.05 bits per heavy atom. The summed E-state index contributed by atoms with van der Waals surface area (Å²) in [6.07, 6.45) is 3.89. The SMILES string of the molecule is Cc1cc(-c2ccc(N3CCC(N4CCN(C(=O)OC(C)(C)C)CC4)CC3)nc2C(C)C)cn(C)c1=O. The first kappa shape index (κ1) is 27.2. The number of aryl methyl sites for hydroxylation is 2. The molecule has 202 valence electrons. The van der Waals surface area contributed by atoms with Crippen molar-refractivity contribution in [3.8, 4) is 11.1 Å². The van der Waals surface area contributed by atoms with Gasteiger partial charge in [0.25, 0.3) is 5.56 Å². The van der Waals surface area contributed by atoms with Crippen molar-refractivity contribution in [2.24, 2.45) is 7.05 Å². The largest absolute Gasteiger partial charge is 0.444 e. The van der Waals surface area contributed by atoms with Gasteiger partial charge in [-0.05, 0) is 64.7 Å². The third-order valence-corrected chi connectivity index (χ3v) is 7.40. The zero-order valence-electron chi connectivity index (χ0n) is 23.6. The number of nitrogens with zero attached hydrogens (tertiary/aromatic N) is 5. The van der Waals surface area contributed by atoms with E-state index in [0.717, 1.165) is 80.3 Å². The number of rotatable bonds is 4. The number of aromatic nitrogens is 2. The van der Waals surface area contributed by atoms with Crippen molar-refractivity contribution in [2.45, 2.75) is 71.9 Å². The molecule has 4 rings (SSSR count). The van der Waals surface area contributed by atoms with Crippen LogP contribution in [-0.4, -0.2) is 76.4 Å². The van der Waals surface area contributed by atoms with Gasteiger partial charge >= 0.3 is 6.09 Å². The van der Waals surface area contributed by atoms with Gasteiger partial charge in [-0.3, -0.25) is 9.69 Å². The molecule has 2 aliphatic rings. The summed E-state index contributed by atoms with van der Waals surface area (Å²) >= 11 is 0. The van der Waals surface area contributed by atoms with Gasteiger partial charge < -0.3 is 19.1 Å². The number of piperidine rings is 1. The first-order valence-electron chi connectivity index (χ1n) is 13.6.